The summed E-state index contributed by atoms with van der Waals surface area (Å²) in [6, 6.07) is 21.3. The van der Waals surface area contributed by atoms with E-state index in [1.165, 1.54) is 4.90 Å². The van der Waals surface area contributed by atoms with Gasteiger partial charge in [0.05, 0.1) is 23.2 Å². The highest BCUT2D eigenvalue weighted by Crippen LogP contribution is 2.40. The Kier molecular flexibility index (Phi) is 8.63. The van der Waals surface area contributed by atoms with Crippen LogP contribution in [0.5, 0.6) is 11.5 Å². The van der Waals surface area contributed by atoms with Crippen molar-refractivity contribution in [2.75, 3.05) is 27.4 Å². The second-order valence-corrected chi connectivity index (χ2v) is 9.39. The Bertz CT molecular complexity index is 1290. The highest BCUT2D eigenvalue weighted by atomic mass is 79.9. The number of methoxy groups -OCH3 is 2. The van der Waals surface area contributed by atoms with Crippen molar-refractivity contribution in [3.63, 3.8) is 0 Å². The van der Waals surface area contributed by atoms with Crippen molar-refractivity contribution in [2.45, 2.75) is 19.1 Å². The number of amides is 1. The van der Waals surface area contributed by atoms with Crippen molar-refractivity contribution in [1.82, 2.24) is 4.90 Å². The van der Waals surface area contributed by atoms with Crippen LogP contribution in [-0.2, 0) is 20.9 Å². The van der Waals surface area contributed by atoms with Gasteiger partial charge in [-0.3, -0.25) is 9.59 Å². The smallest absolute Gasteiger partial charge is 0.295 e. The topological polar surface area (TPSA) is 85.3 Å². The number of hydrogen-bond donors (Lipinski definition) is 1. The molecule has 192 valence electrons. The van der Waals surface area contributed by atoms with E-state index >= 15 is 0 Å². The van der Waals surface area contributed by atoms with Crippen LogP contribution in [0, 0.1) is 0 Å². The first-order valence-electron chi connectivity index (χ1n) is 11.8. The third kappa shape index (κ3) is 5.87. The van der Waals surface area contributed by atoms with Crippen LogP contribution in [0.4, 0.5) is 0 Å². The van der Waals surface area contributed by atoms with Crippen LogP contribution in [0.25, 0.3) is 5.76 Å². The number of halogens is 1. The monoisotopic (exact) mass is 565 g/mol. The molecule has 1 unspecified atom stereocenters. The van der Waals surface area contributed by atoms with Crippen LogP contribution in [0.1, 0.15) is 29.2 Å². The molecule has 0 aliphatic carbocycles. The molecule has 0 radical (unpaired) electrons. The lowest BCUT2D eigenvalue weighted by Crippen LogP contribution is -2.31. The molecule has 1 amide bonds. The largest absolute Gasteiger partial charge is 0.507 e. The number of rotatable bonds is 10. The third-order valence-corrected chi connectivity index (χ3v) is 6.78. The summed E-state index contributed by atoms with van der Waals surface area (Å²) in [4.78, 5) is 27.7. The maximum Gasteiger partial charge on any atom is 0.295 e. The van der Waals surface area contributed by atoms with Gasteiger partial charge < -0.3 is 24.2 Å². The Morgan fingerprint density at radius 3 is 2.38 bits per heavy atom. The van der Waals surface area contributed by atoms with Crippen molar-refractivity contribution >= 4 is 33.4 Å². The number of Topliss-reactive ketones (excluding diaryl/α,β-unsaturated/α-hetero) is 1. The first kappa shape index (κ1) is 26.4. The zero-order valence-electron chi connectivity index (χ0n) is 20.6. The van der Waals surface area contributed by atoms with Gasteiger partial charge in [-0.1, -0.05) is 42.5 Å². The van der Waals surface area contributed by atoms with Crippen LogP contribution < -0.4 is 9.47 Å². The predicted molar refractivity (Wildman–Crippen MR) is 143 cm³/mol. The van der Waals surface area contributed by atoms with Crippen LogP contribution in [0.3, 0.4) is 0 Å². The highest BCUT2D eigenvalue weighted by Gasteiger charge is 2.45. The summed E-state index contributed by atoms with van der Waals surface area (Å²) in [5.74, 6) is -0.386. The number of benzene rings is 3. The van der Waals surface area contributed by atoms with E-state index in [2.05, 4.69) is 15.9 Å². The Morgan fingerprint density at radius 2 is 1.73 bits per heavy atom. The van der Waals surface area contributed by atoms with Gasteiger partial charge in [-0.25, -0.2) is 0 Å². The molecule has 8 heteroatoms. The summed E-state index contributed by atoms with van der Waals surface area (Å²) in [7, 11) is 3.12. The summed E-state index contributed by atoms with van der Waals surface area (Å²) in [5.41, 5.74) is 2.18. The Morgan fingerprint density at radius 1 is 1.00 bits per heavy atom. The summed E-state index contributed by atoms with van der Waals surface area (Å²) < 4.78 is 16.9. The summed E-state index contributed by atoms with van der Waals surface area (Å²) in [6.45, 7) is 1.16. The van der Waals surface area contributed by atoms with E-state index in [1.807, 2.05) is 42.5 Å². The highest BCUT2D eigenvalue weighted by molar-refractivity contribution is 9.10. The third-order valence-electron chi connectivity index (χ3n) is 6.16. The lowest BCUT2D eigenvalue weighted by molar-refractivity contribution is -0.140. The van der Waals surface area contributed by atoms with Crippen molar-refractivity contribution in [3.05, 3.63) is 99.5 Å². The minimum Gasteiger partial charge on any atom is -0.507 e. The van der Waals surface area contributed by atoms with Gasteiger partial charge in [0.15, 0.2) is 0 Å². The summed E-state index contributed by atoms with van der Waals surface area (Å²) >= 11 is 3.42. The minimum atomic E-state index is -0.749. The van der Waals surface area contributed by atoms with Crippen LogP contribution in [-0.4, -0.2) is 49.1 Å². The average Bonchev–Trinajstić information content (AvgIpc) is 3.17. The molecule has 0 aromatic heterocycles. The molecular weight excluding hydrogens is 538 g/mol. The summed E-state index contributed by atoms with van der Waals surface area (Å²) in [6.07, 6.45) is 0.548. The van der Waals surface area contributed by atoms with Crippen molar-refractivity contribution in [2.24, 2.45) is 0 Å². The molecule has 3 aromatic carbocycles. The molecule has 3 aromatic rings. The molecule has 1 atom stereocenters. The maximum atomic E-state index is 13.2. The molecule has 0 bridgehead atoms. The van der Waals surface area contributed by atoms with E-state index in [0.717, 1.165) is 5.56 Å². The Hall–Kier alpha value is -3.62. The fraction of sp³-hybridized carbons (Fsp3) is 0.241. The van der Waals surface area contributed by atoms with Gasteiger partial charge >= 0.3 is 0 Å². The first-order valence-corrected chi connectivity index (χ1v) is 12.6. The second-order valence-electron chi connectivity index (χ2n) is 8.53. The molecule has 0 saturated carbocycles. The number of nitrogens with zero attached hydrogens (tertiary/aromatic N) is 1. The summed E-state index contributed by atoms with van der Waals surface area (Å²) in [5, 5.41) is 11.3. The van der Waals surface area contributed by atoms with Gasteiger partial charge in [0.25, 0.3) is 11.7 Å². The minimum absolute atomic E-state index is 0.0393. The van der Waals surface area contributed by atoms with Gasteiger partial charge in [0, 0.05) is 25.8 Å². The molecule has 37 heavy (non-hydrogen) atoms. The van der Waals surface area contributed by atoms with E-state index in [4.69, 9.17) is 14.2 Å². The normalized spacial score (nSPS) is 16.7. The van der Waals surface area contributed by atoms with Crippen LogP contribution in [0.2, 0.25) is 0 Å². The van der Waals surface area contributed by atoms with Crippen molar-refractivity contribution in [1.29, 1.82) is 0 Å². The fourth-order valence-electron chi connectivity index (χ4n) is 4.29. The average molecular weight is 566 g/mol. The Labute approximate surface area is 224 Å². The van der Waals surface area contributed by atoms with Crippen LogP contribution >= 0.6 is 15.9 Å². The number of carbonyl (C=O) groups is 2. The van der Waals surface area contributed by atoms with Crippen molar-refractivity contribution < 1.29 is 28.9 Å². The van der Waals surface area contributed by atoms with Gasteiger partial charge in [-0.15, -0.1) is 0 Å². The number of hydrogen-bond acceptors (Lipinski definition) is 6. The quantitative estimate of drug-likeness (QED) is 0.151. The second kappa shape index (κ2) is 12.1. The molecule has 1 saturated heterocycles. The van der Waals surface area contributed by atoms with E-state index in [0.29, 0.717) is 53.3 Å². The number of likely N-dealkylation sites (tertiary alicyclic amines) is 1. The van der Waals surface area contributed by atoms with Gasteiger partial charge in [0.1, 0.15) is 23.9 Å². The molecule has 1 fully saturated rings. The molecule has 1 N–H and O–H groups in total. The lowest BCUT2D eigenvalue weighted by atomic mass is 9.95. The lowest BCUT2D eigenvalue weighted by Gasteiger charge is -2.25. The number of ketones is 1. The number of aliphatic hydroxyl groups is 1. The zero-order valence-corrected chi connectivity index (χ0v) is 22.2. The number of aliphatic hydroxyl groups excluding tert-OH is 1. The van der Waals surface area contributed by atoms with E-state index in [-0.39, 0.29) is 11.3 Å². The molecular formula is C29H28BrNO6. The number of carbonyl (C=O) groups excluding carboxylic acids is 2. The molecule has 4 rings (SSSR count). The van der Waals surface area contributed by atoms with E-state index < -0.39 is 17.7 Å². The molecule has 1 aliphatic rings. The standard InChI is InChI=1S/C29H28BrNO6/c1-35-16-6-15-31-26(20-9-12-22(13-10-20)37-18-19-7-4-3-5-8-19)25(28(33)29(31)34)27(32)21-11-14-24(36-2)23(30)17-21/h3-5,7-14,17,26,32H,6,15-16,18H2,1-2H3/b27-25-. The van der Waals surface area contributed by atoms with Crippen LogP contribution in [0.15, 0.2) is 82.8 Å². The molecule has 0 spiro atoms. The van der Waals surface area contributed by atoms with Gasteiger partial charge in [-0.2, -0.15) is 0 Å². The van der Waals surface area contributed by atoms with Crippen molar-refractivity contribution in [3.8, 4) is 11.5 Å². The maximum absolute atomic E-state index is 13.2. The molecule has 1 heterocycles. The first-order chi connectivity index (χ1) is 17.9. The zero-order chi connectivity index (χ0) is 26.4. The number of ether oxygens (including phenoxy) is 3. The fourth-order valence-corrected chi connectivity index (χ4v) is 4.83. The Balaban J connectivity index is 1.68. The predicted octanol–water partition coefficient (Wildman–Crippen LogP) is 5.49. The van der Waals surface area contributed by atoms with E-state index in [1.54, 1.807) is 44.6 Å². The van der Waals surface area contributed by atoms with E-state index in [9.17, 15) is 14.7 Å². The molecule has 7 nitrogen and oxygen atoms in total. The van der Waals surface area contributed by atoms with Gasteiger partial charge in [-0.05, 0) is 63.8 Å². The SMILES string of the molecule is COCCCN1C(=O)C(=O)/C(=C(\O)c2ccc(OC)c(Br)c2)C1c1ccc(OCc2ccccc2)cc1. The molecule has 1 aliphatic heterocycles. The van der Waals surface area contributed by atoms with Gasteiger partial charge in [0.2, 0.25) is 0 Å².